The Labute approximate surface area is 79.0 Å². The van der Waals surface area contributed by atoms with Crippen LogP contribution in [0.15, 0.2) is 18.3 Å². The van der Waals surface area contributed by atoms with Gasteiger partial charge in [0.25, 0.3) is 0 Å². The summed E-state index contributed by atoms with van der Waals surface area (Å²) < 4.78 is 0. The molecule has 2 nitrogen and oxygen atoms in total. The number of rotatable bonds is 3. The van der Waals surface area contributed by atoms with Gasteiger partial charge in [0.05, 0.1) is 0 Å². The van der Waals surface area contributed by atoms with Crippen LogP contribution >= 0.6 is 0 Å². The summed E-state index contributed by atoms with van der Waals surface area (Å²) >= 11 is 0. The molecular weight excluding hydrogens is 162 g/mol. The molecule has 0 saturated carbocycles. The molecule has 0 aromatic carbocycles. The fourth-order valence-corrected chi connectivity index (χ4v) is 1.18. The number of carbonyl (C=O) groups excluding carboxylic acids is 1. The van der Waals surface area contributed by atoms with Gasteiger partial charge in [-0.25, -0.2) is 0 Å². The number of pyridine rings is 1. The third kappa shape index (κ3) is 2.65. The predicted octanol–water partition coefficient (Wildman–Crippen LogP) is 2.16. The Bertz CT molecular complexity index is 305. The van der Waals surface area contributed by atoms with Crippen LogP contribution in [0.25, 0.3) is 0 Å². The first-order valence-corrected chi connectivity index (χ1v) is 4.42. The molecule has 1 aromatic heterocycles. The molecule has 0 bridgehead atoms. The smallest absolute Gasteiger partial charge is 0.125 e. The number of nitrogens with zero attached hydrogens (tertiary/aromatic N) is 1. The van der Waals surface area contributed by atoms with Crippen molar-refractivity contribution in [3.05, 3.63) is 29.6 Å². The van der Waals surface area contributed by atoms with Crippen molar-refractivity contribution in [3.8, 4) is 0 Å². The second-order valence-corrected chi connectivity index (χ2v) is 4.05. The van der Waals surface area contributed by atoms with E-state index in [9.17, 15) is 4.79 Å². The lowest BCUT2D eigenvalue weighted by Crippen LogP contribution is -2.17. The summed E-state index contributed by atoms with van der Waals surface area (Å²) in [6.07, 6.45) is 3.47. The lowest BCUT2D eigenvalue weighted by atomic mass is 9.88. The van der Waals surface area contributed by atoms with Crippen LogP contribution in [0, 0.1) is 12.3 Å². The normalized spacial score (nSPS) is 11.3. The molecular formula is C11H15NO. The molecule has 1 rings (SSSR count). The van der Waals surface area contributed by atoms with E-state index in [0.29, 0.717) is 6.42 Å². The van der Waals surface area contributed by atoms with Gasteiger partial charge in [-0.05, 0) is 18.6 Å². The topological polar surface area (TPSA) is 30.0 Å². The Hall–Kier alpha value is -1.18. The van der Waals surface area contributed by atoms with E-state index in [2.05, 4.69) is 4.98 Å². The van der Waals surface area contributed by atoms with Gasteiger partial charge in [-0.1, -0.05) is 19.9 Å². The van der Waals surface area contributed by atoms with Crippen LogP contribution in [0.4, 0.5) is 0 Å². The number of aromatic nitrogens is 1. The summed E-state index contributed by atoms with van der Waals surface area (Å²) in [7, 11) is 0. The number of aryl methyl sites for hydroxylation is 1. The van der Waals surface area contributed by atoms with Gasteiger partial charge in [0.15, 0.2) is 0 Å². The van der Waals surface area contributed by atoms with E-state index in [4.69, 9.17) is 0 Å². The molecule has 0 saturated heterocycles. The van der Waals surface area contributed by atoms with E-state index in [-0.39, 0.29) is 5.41 Å². The molecule has 1 heterocycles. The summed E-state index contributed by atoms with van der Waals surface area (Å²) in [4.78, 5) is 15.0. The molecule has 1 aromatic rings. The highest BCUT2D eigenvalue weighted by molar-refractivity contribution is 5.58. The highest BCUT2D eigenvalue weighted by Crippen LogP contribution is 2.19. The molecule has 0 aliphatic heterocycles. The molecule has 0 amide bonds. The third-order valence-electron chi connectivity index (χ3n) is 2.06. The maximum Gasteiger partial charge on any atom is 0.125 e. The van der Waals surface area contributed by atoms with Crippen LogP contribution in [-0.4, -0.2) is 11.3 Å². The van der Waals surface area contributed by atoms with Gasteiger partial charge in [-0.2, -0.15) is 0 Å². The van der Waals surface area contributed by atoms with E-state index in [0.717, 1.165) is 17.5 Å². The molecule has 70 valence electrons. The average molecular weight is 177 g/mol. The molecule has 13 heavy (non-hydrogen) atoms. The first-order valence-electron chi connectivity index (χ1n) is 4.42. The highest BCUT2D eigenvalue weighted by atomic mass is 16.1. The minimum atomic E-state index is -0.306. The first kappa shape index (κ1) is 9.90. The minimum Gasteiger partial charge on any atom is -0.303 e. The molecule has 0 radical (unpaired) electrons. The van der Waals surface area contributed by atoms with Gasteiger partial charge in [0, 0.05) is 23.7 Å². The van der Waals surface area contributed by atoms with Crippen LogP contribution in [0.2, 0.25) is 0 Å². The van der Waals surface area contributed by atoms with Crippen molar-refractivity contribution < 1.29 is 4.79 Å². The first-order chi connectivity index (χ1) is 6.05. The summed E-state index contributed by atoms with van der Waals surface area (Å²) in [6.45, 7) is 5.87. The molecule has 0 unspecified atom stereocenters. The van der Waals surface area contributed by atoms with Gasteiger partial charge < -0.3 is 4.79 Å². The second kappa shape index (κ2) is 3.69. The third-order valence-corrected chi connectivity index (χ3v) is 2.06. The zero-order valence-corrected chi connectivity index (χ0v) is 8.37. The van der Waals surface area contributed by atoms with Crippen molar-refractivity contribution in [3.63, 3.8) is 0 Å². The van der Waals surface area contributed by atoms with E-state index in [1.807, 2.05) is 32.9 Å². The van der Waals surface area contributed by atoms with Crippen molar-refractivity contribution in [2.45, 2.75) is 27.2 Å². The van der Waals surface area contributed by atoms with Crippen LogP contribution in [0.5, 0.6) is 0 Å². The minimum absolute atomic E-state index is 0.306. The Balaban J connectivity index is 2.86. The molecule has 2 heteroatoms. The highest BCUT2D eigenvalue weighted by Gasteiger charge is 2.18. The molecule has 0 aliphatic carbocycles. The standard InChI is InChI=1S/C11H15NO/c1-9-5-4-6-12-10(9)7-11(2,3)8-13/h4-6,8H,7H2,1-3H3. The number of hydrogen-bond acceptors (Lipinski definition) is 2. The van der Waals surface area contributed by atoms with Crippen molar-refractivity contribution in [1.29, 1.82) is 0 Å². The van der Waals surface area contributed by atoms with E-state index >= 15 is 0 Å². The lowest BCUT2D eigenvalue weighted by Gasteiger charge is -2.16. The van der Waals surface area contributed by atoms with E-state index in [1.54, 1.807) is 6.20 Å². The molecule has 0 atom stereocenters. The van der Waals surface area contributed by atoms with Gasteiger partial charge in [-0.15, -0.1) is 0 Å². The van der Waals surface area contributed by atoms with E-state index in [1.165, 1.54) is 0 Å². The van der Waals surface area contributed by atoms with Crippen molar-refractivity contribution in [1.82, 2.24) is 4.98 Å². The molecule has 0 aliphatic rings. The van der Waals surface area contributed by atoms with Crippen LogP contribution in [0.1, 0.15) is 25.1 Å². The van der Waals surface area contributed by atoms with Gasteiger partial charge >= 0.3 is 0 Å². The van der Waals surface area contributed by atoms with Gasteiger partial charge in [0.1, 0.15) is 6.29 Å². The van der Waals surface area contributed by atoms with Crippen molar-refractivity contribution in [2.75, 3.05) is 0 Å². The van der Waals surface area contributed by atoms with Crippen molar-refractivity contribution >= 4 is 6.29 Å². The maximum atomic E-state index is 10.7. The van der Waals surface area contributed by atoms with Gasteiger partial charge in [-0.3, -0.25) is 4.98 Å². The summed E-state index contributed by atoms with van der Waals surface area (Å²) in [5.41, 5.74) is 1.86. The predicted molar refractivity (Wildman–Crippen MR) is 52.5 cm³/mol. The largest absolute Gasteiger partial charge is 0.303 e. The Morgan fingerprint density at radius 1 is 1.54 bits per heavy atom. The summed E-state index contributed by atoms with van der Waals surface area (Å²) in [6, 6.07) is 3.93. The second-order valence-electron chi connectivity index (χ2n) is 4.05. The molecule has 0 fully saturated rings. The number of hydrogen-bond donors (Lipinski definition) is 0. The fraction of sp³-hybridized carbons (Fsp3) is 0.455. The molecule has 0 spiro atoms. The van der Waals surface area contributed by atoms with Crippen LogP contribution in [0.3, 0.4) is 0 Å². The zero-order valence-electron chi connectivity index (χ0n) is 8.37. The monoisotopic (exact) mass is 177 g/mol. The van der Waals surface area contributed by atoms with Crippen molar-refractivity contribution in [2.24, 2.45) is 5.41 Å². The quantitative estimate of drug-likeness (QED) is 0.662. The number of aldehydes is 1. The number of carbonyl (C=O) groups is 1. The summed E-state index contributed by atoms with van der Waals surface area (Å²) in [5.74, 6) is 0. The van der Waals surface area contributed by atoms with Crippen LogP contribution in [-0.2, 0) is 11.2 Å². The van der Waals surface area contributed by atoms with E-state index < -0.39 is 0 Å². The summed E-state index contributed by atoms with van der Waals surface area (Å²) in [5, 5.41) is 0. The fourth-order valence-electron chi connectivity index (χ4n) is 1.18. The maximum absolute atomic E-state index is 10.7. The SMILES string of the molecule is Cc1cccnc1CC(C)(C)C=O. The van der Waals surface area contributed by atoms with Gasteiger partial charge in [0.2, 0.25) is 0 Å². The molecule has 0 N–H and O–H groups in total. The lowest BCUT2D eigenvalue weighted by molar-refractivity contribution is -0.114. The Kier molecular flexibility index (Phi) is 2.81. The van der Waals surface area contributed by atoms with Crippen LogP contribution < -0.4 is 0 Å². The zero-order chi connectivity index (χ0) is 9.90. The average Bonchev–Trinajstić information content (AvgIpc) is 2.09. The Morgan fingerprint density at radius 2 is 2.23 bits per heavy atom. The Morgan fingerprint density at radius 3 is 2.77 bits per heavy atom.